The first-order valence-electron chi connectivity index (χ1n) is 12.3. The van der Waals surface area contributed by atoms with Gasteiger partial charge in [-0.25, -0.2) is 9.78 Å². The van der Waals surface area contributed by atoms with E-state index in [9.17, 15) is 19.2 Å². The number of hydrogen-bond acceptors (Lipinski definition) is 6. The Hall–Kier alpha value is -3.79. The summed E-state index contributed by atoms with van der Waals surface area (Å²) in [7, 11) is 0. The Bertz CT molecular complexity index is 1450. The number of amides is 2. The predicted molar refractivity (Wildman–Crippen MR) is 135 cm³/mol. The van der Waals surface area contributed by atoms with Gasteiger partial charge in [-0.1, -0.05) is 19.9 Å². The number of hydrogen-bond donors (Lipinski definition) is 2. The van der Waals surface area contributed by atoms with Crippen molar-refractivity contribution in [3.63, 3.8) is 0 Å². The lowest BCUT2D eigenvalue weighted by Gasteiger charge is -2.27. The lowest BCUT2D eigenvalue weighted by Crippen LogP contribution is -2.40. The zero-order valence-electron chi connectivity index (χ0n) is 20.4. The normalized spacial score (nSPS) is 15.9. The van der Waals surface area contributed by atoms with Crippen LogP contribution in [-0.2, 0) is 11.3 Å². The Kier molecular flexibility index (Phi) is 6.44. The third-order valence-corrected chi connectivity index (χ3v) is 6.42. The molecule has 0 radical (unpaired) electrons. The van der Waals surface area contributed by atoms with Gasteiger partial charge in [-0.2, -0.15) is 0 Å². The molecule has 0 unspecified atom stereocenters. The minimum absolute atomic E-state index is 0.0812. The molecule has 1 aliphatic carbocycles. The number of carbonyl (C=O) groups is 2. The molecule has 3 heterocycles. The molecule has 0 atom stereocenters. The molecule has 1 aromatic carbocycles. The minimum Gasteiger partial charge on any atom is -0.378 e. The van der Waals surface area contributed by atoms with Gasteiger partial charge in [0.2, 0.25) is 0 Å². The number of pyridine rings is 1. The van der Waals surface area contributed by atoms with Crippen LogP contribution in [-0.4, -0.2) is 57.6 Å². The number of fused-ring (bicyclic) bond motifs is 1. The van der Waals surface area contributed by atoms with Crippen LogP contribution in [0.5, 0.6) is 0 Å². The van der Waals surface area contributed by atoms with E-state index in [2.05, 4.69) is 15.3 Å². The largest absolute Gasteiger partial charge is 0.378 e. The van der Waals surface area contributed by atoms with Crippen LogP contribution in [0.1, 0.15) is 59.0 Å². The van der Waals surface area contributed by atoms with Crippen LogP contribution < -0.4 is 16.6 Å². The molecule has 0 bridgehead atoms. The second kappa shape index (κ2) is 9.69. The summed E-state index contributed by atoms with van der Waals surface area (Å²) in [5.74, 6) is -0.293. The number of benzene rings is 1. The number of morpholine rings is 1. The number of rotatable bonds is 6. The van der Waals surface area contributed by atoms with Gasteiger partial charge in [0.05, 0.1) is 24.2 Å². The van der Waals surface area contributed by atoms with Gasteiger partial charge >= 0.3 is 5.69 Å². The number of aromatic amines is 1. The standard InChI is InChI=1S/C26H29N5O5/c1-15(2)14-31-22-21(24(33)29-26(31)35)19(13-20(28-22)16-6-7-16)23(32)27-18-5-3-4-17(12-18)25(34)30-8-10-36-11-9-30/h3-5,12-13,15-16H,6-11,14H2,1-2H3,(H,27,32)(H,29,33,35). The summed E-state index contributed by atoms with van der Waals surface area (Å²) in [4.78, 5) is 60.6. The number of carbonyl (C=O) groups excluding carboxylic acids is 2. The molecule has 1 saturated heterocycles. The van der Waals surface area contributed by atoms with E-state index in [4.69, 9.17) is 4.74 Å². The lowest BCUT2D eigenvalue weighted by molar-refractivity contribution is 0.0303. The SMILES string of the molecule is CC(C)Cn1c(=O)[nH]c(=O)c2c(C(=O)Nc3cccc(C(=O)N4CCOCC4)c3)cc(C3CC3)nc21. The molecule has 36 heavy (non-hydrogen) atoms. The molecule has 3 aromatic rings. The zero-order chi connectivity index (χ0) is 25.4. The number of nitrogens with one attached hydrogen (secondary N) is 2. The molecule has 2 aliphatic rings. The minimum atomic E-state index is -0.647. The monoisotopic (exact) mass is 491 g/mol. The second-order valence-corrected chi connectivity index (χ2v) is 9.77. The van der Waals surface area contributed by atoms with Crippen molar-refractivity contribution in [2.45, 2.75) is 39.2 Å². The summed E-state index contributed by atoms with van der Waals surface area (Å²) >= 11 is 0. The van der Waals surface area contributed by atoms with E-state index in [1.165, 1.54) is 4.57 Å². The first-order chi connectivity index (χ1) is 17.3. The van der Waals surface area contributed by atoms with Crippen LogP contribution in [0.4, 0.5) is 5.69 Å². The van der Waals surface area contributed by atoms with Crippen LogP contribution in [0.15, 0.2) is 39.9 Å². The third-order valence-electron chi connectivity index (χ3n) is 6.42. The van der Waals surface area contributed by atoms with Crippen molar-refractivity contribution in [3.8, 4) is 0 Å². The highest BCUT2D eigenvalue weighted by Crippen LogP contribution is 2.40. The number of nitrogens with zero attached hydrogens (tertiary/aromatic N) is 3. The van der Waals surface area contributed by atoms with E-state index in [-0.39, 0.29) is 34.3 Å². The van der Waals surface area contributed by atoms with Gasteiger partial charge in [0.15, 0.2) is 5.65 Å². The first-order valence-corrected chi connectivity index (χ1v) is 12.3. The van der Waals surface area contributed by atoms with Crippen LogP contribution >= 0.6 is 0 Å². The zero-order valence-corrected chi connectivity index (χ0v) is 20.4. The van der Waals surface area contributed by atoms with Crippen molar-refractivity contribution >= 4 is 28.5 Å². The van der Waals surface area contributed by atoms with Crippen LogP contribution in [0, 0.1) is 5.92 Å². The lowest BCUT2D eigenvalue weighted by atomic mass is 10.1. The van der Waals surface area contributed by atoms with Gasteiger partial charge in [-0.05, 0) is 43.0 Å². The highest BCUT2D eigenvalue weighted by atomic mass is 16.5. The Morgan fingerprint density at radius 3 is 2.61 bits per heavy atom. The maximum atomic E-state index is 13.5. The average molecular weight is 492 g/mol. The molecule has 2 aromatic heterocycles. The van der Waals surface area contributed by atoms with Crippen molar-refractivity contribution in [2.75, 3.05) is 31.6 Å². The van der Waals surface area contributed by atoms with Crippen LogP contribution in [0.2, 0.25) is 0 Å². The molecule has 5 rings (SSSR count). The molecule has 1 saturated carbocycles. The first kappa shape index (κ1) is 23.9. The molecule has 10 heteroatoms. The van der Waals surface area contributed by atoms with E-state index in [0.717, 1.165) is 12.8 Å². The van der Waals surface area contributed by atoms with E-state index in [1.807, 2.05) is 13.8 Å². The van der Waals surface area contributed by atoms with Crippen molar-refractivity contribution in [1.29, 1.82) is 0 Å². The summed E-state index contributed by atoms with van der Waals surface area (Å²) in [5.41, 5.74) is 0.786. The summed E-state index contributed by atoms with van der Waals surface area (Å²) in [6, 6.07) is 8.38. The van der Waals surface area contributed by atoms with Gasteiger partial charge in [-0.3, -0.25) is 23.9 Å². The van der Waals surface area contributed by atoms with Gasteiger partial charge in [0, 0.05) is 42.5 Å². The predicted octanol–water partition coefficient (Wildman–Crippen LogP) is 2.34. The molecule has 1 aliphatic heterocycles. The Labute approximate surface area is 207 Å². The fourth-order valence-corrected chi connectivity index (χ4v) is 4.47. The fraction of sp³-hybridized carbons (Fsp3) is 0.423. The number of ether oxygens (including phenoxy) is 1. The highest BCUT2D eigenvalue weighted by Gasteiger charge is 2.29. The average Bonchev–Trinajstić information content (AvgIpc) is 3.71. The fourth-order valence-electron chi connectivity index (χ4n) is 4.47. The molecule has 2 amide bonds. The van der Waals surface area contributed by atoms with Crippen molar-refractivity contribution in [2.24, 2.45) is 5.92 Å². The summed E-state index contributed by atoms with van der Waals surface area (Å²) < 4.78 is 6.75. The number of anilines is 1. The van der Waals surface area contributed by atoms with Crippen molar-refractivity contribution < 1.29 is 14.3 Å². The summed E-state index contributed by atoms with van der Waals surface area (Å²) in [5, 5.41) is 2.92. The molecule has 2 N–H and O–H groups in total. The molecule has 10 nitrogen and oxygen atoms in total. The number of H-pyrrole nitrogens is 1. The molecule has 188 valence electrons. The highest BCUT2D eigenvalue weighted by molar-refractivity contribution is 6.12. The van der Waals surface area contributed by atoms with Crippen molar-refractivity contribution in [3.05, 3.63) is 68.0 Å². The molecule has 2 fully saturated rings. The van der Waals surface area contributed by atoms with E-state index in [1.54, 1.807) is 35.2 Å². The van der Waals surface area contributed by atoms with Gasteiger partial charge in [0.25, 0.3) is 17.4 Å². The van der Waals surface area contributed by atoms with Gasteiger partial charge < -0.3 is 15.0 Å². The smallest absolute Gasteiger partial charge is 0.330 e. The van der Waals surface area contributed by atoms with Crippen molar-refractivity contribution in [1.82, 2.24) is 19.4 Å². The van der Waals surface area contributed by atoms with Gasteiger partial charge in [0.1, 0.15) is 0 Å². The quantitative estimate of drug-likeness (QED) is 0.545. The third kappa shape index (κ3) is 4.81. The topological polar surface area (TPSA) is 126 Å². The van der Waals surface area contributed by atoms with E-state index in [0.29, 0.717) is 49.8 Å². The maximum Gasteiger partial charge on any atom is 0.330 e. The van der Waals surface area contributed by atoms with Gasteiger partial charge in [-0.15, -0.1) is 0 Å². The maximum absolute atomic E-state index is 13.5. The number of aromatic nitrogens is 3. The second-order valence-electron chi connectivity index (χ2n) is 9.77. The Morgan fingerprint density at radius 1 is 1.17 bits per heavy atom. The Balaban J connectivity index is 1.52. The molecular formula is C26H29N5O5. The molecule has 0 spiro atoms. The van der Waals surface area contributed by atoms with Crippen LogP contribution in [0.3, 0.4) is 0 Å². The summed E-state index contributed by atoms with van der Waals surface area (Å²) in [6.07, 6.45) is 1.89. The van der Waals surface area contributed by atoms with E-state index >= 15 is 0 Å². The summed E-state index contributed by atoms with van der Waals surface area (Å²) in [6.45, 7) is 6.32. The van der Waals surface area contributed by atoms with E-state index < -0.39 is 17.2 Å². The molecular weight excluding hydrogens is 462 g/mol. The Morgan fingerprint density at radius 2 is 1.92 bits per heavy atom. The van der Waals surface area contributed by atoms with Crippen LogP contribution in [0.25, 0.3) is 11.0 Å².